The van der Waals surface area contributed by atoms with Crippen LogP contribution in [0.15, 0.2) is 23.1 Å². The quantitative estimate of drug-likeness (QED) is 0.726. The Morgan fingerprint density at radius 1 is 1.35 bits per heavy atom. The average Bonchev–Trinajstić information content (AvgIpc) is 2.38. The Morgan fingerprint density at radius 2 is 2.00 bits per heavy atom. The Hall–Kier alpha value is -0.620. The van der Waals surface area contributed by atoms with Gasteiger partial charge < -0.3 is 4.74 Å². The summed E-state index contributed by atoms with van der Waals surface area (Å²) in [6.07, 6.45) is 0.0902. The first-order chi connectivity index (χ1) is 9.28. The lowest BCUT2D eigenvalue weighted by Crippen LogP contribution is -2.31. The number of halogens is 1. The zero-order chi connectivity index (χ0) is 15.3. The standard InChI is InChI=1S/C14H22ClNO3S/c1-11(2)19-8-7-16(4)20(17,18)14-9-13(10-15)6-5-12(14)3/h5-6,9,11H,7-8,10H2,1-4H3. The Bertz CT molecular complexity index is 543. The van der Waals surface area contributed by atoms with Crippen molar-refractivity contribution < 1.29 is 13.2 Å². The zero-order valence-electron chi connectivity index (χ0n) is 12.4. The molecule has 0 aromatic heterocycles. The second kappa shape index (κ2) is 7.41. The van der Waals surface area contributed by atoms with Crippen LogP contribution in [0, 0.1) is 6.92 Å². The van der Waals surface area contributed by atoms with Gasteiger partial charge in [0.25, 0.3) is 0 Å². The van der Waals surface area contributed by atoms with E-state index in [4.69, 9.17) is 16.3 Å². The van der Waals surface area contributed by atoms with E-state index in [1.807, 2.05) is 19.9 Å². The lowest BCUT2D eigenvalue weighted by Gasteiger charge is -2.19. The highest BCUT2D eigenvalue weighted by molar-refractivity contribution is 7.89. The van der Waals surface area contributed by atoms with E-state index < -0.39 is 10.0 Å². The van der Waals surface area contributed by atoms with E-state index in [0.717, 1.165) is 11.1 Å². The fraction of sp³-hybridized carbons (Fsp3) is 0.571. The van der Waals surface area contributed by atoms with E-state index in [1.54, 1.807) is 26.1 Å². The van der Waals surface area contributed by atoms with Crippen molar-refractivity contribution in [3.05, 3.63) is 29.3 Å². The third-order valence-corrected chi connectivity index (χ3v) is 5.26. The van der Waals surface area contributed by atoms with Crippen molar-refractivity contribution in [1.82, 2.24) is 4.31 Å². The summed E-state index contributed by atoms with van der Waals surface area (Å²) < 4.78 is 31.8. The largest absolute Gasteiger partial charge is 0.377 e. The molecule has 0 fully saturated rings. The van der Waals surface area contributed by atoms with E-state index >= 15 is 0 Å². The van der Waals surface area contributed by atoms with Crippen LogP contribution in [0.25, 0.3) is 0 Å². The second-order valence-corrected chi connectivity index (χ2v) is 7.26. The van der Waals surface area contributed by atoms with Crippen LogP contribution in [0.2, 0.25) is 0 Å². The van der Waals surface area contributed by atoms with Crippen LogP contribution in [0.1, 0.15) is 25.0 Å². The summed E-state index contributed by atoms with van der Waals surface area (Å²) in [5.41, 5.74) is 1.51. The number of aryl methyl sites for hydroxylation is 1. The number of rotatable bonds is 7. The molecule has 1 aromatic carbocycles. The molecular weight excluding hydrogens is 298 g/mol. The molecule has 0 radical (unpaired) electrons. The smallest absolute Gasteiger partial charge is 0.243 e. The van der Waals surface area contributed by atoms with Gasteiger partial charge in [-0.3, -0.25) is 0 Å². The van der Waals surface area contributed by atoms with Gasteiger partial charge in [-0.2, -0.15) is 4.31 Å². The molecule has 114 valence electrons. The number of likely N-dealkylation sites (N-methyl/N-ethyl adjacent to an activating group) is 1. The highest BCUT2D eigenvalue weighted by atomic mass is 35.5. The summed E-state index contributed by atoms with van der Waals surface area (Å²) >= 11 is 5.77. The monoisotopic (exact) mass is 319 g/mol. The van der Waals surface area contributed by atoms with Crippen molar-refractivity contribution in [1.29, 1.82) is 0 Å². The number of sulfonamides is 1. The fourth-order valence-electron chi connectivity index (χ4n) is 1.71. The van der Waals surface area contributed by atoms with Gasteiger partial charge in [-0.15, -0.1) is 11.6 Å². The van der Waals surface area contributed by atoms with Crippen molar-refractivity contribution in [2.45, 2.75) is 37.7 Å². The van der Waals surface area contributed by atoms with E-state index in [0.29, 0.717) is 23.9 Å². The minimum absolute atomic E-state index is 0.0902. The van der Waals surface area contributed by atoms with Gasteiger partial charge in [0.2, 0.25) is 10.0 Å². The normalized spacial score (nSPS) is 12.3. The van der Waals surface area contributed by atoms with Gasteiger partial charge in [-0.25, -0.2) is 8.42 Å². The molecule has 0 heterocycles. The molecule has 1 rings (SSSR count). The van der Waals surface area contributed by atoms with Crippen LogP contribution in [-0.4, -0.2) is 39.0 Å². The first-order valence-electron chi connectivity index (χ1n) is 6.52. The molecule has 0 amide bonds. The van der Waals surface area contributed by atoms with Gasteiger partial charge in [-0.1, -0.05) is 12.1 Å². The van der Waals surface area contributed by atoms with Crippen molar-refractivity contribution in [3.8, 4) is 0 Å². The summed E-state index contributed by atoms with van der Waals surface area (Å²) in [6, 6.07) is 5.25. The number of ether oxygens (including phenoxy) is 1. The van der Waals surface area contributed by atoms with Crippen LogP contribution < -0.4 is 0 Å². The van der Waals surface area contributed by atoms with Crippen molar-refractivity contribution >= 4 is 21.6 Å². The molecule has 0 bridgehead atoms. The van der Waals surface area contributed by atoms with E-state index in [1.165, 1.54) is 4.31 Å². The minimum atomic E-state index is -3.51. The summed E-state index contributed by atoms with van der Waals surface area (Å²) in [4.78, 5) is 0.308. The van der Waals surface area contributed by atoms with Crippen molar-refractivity contribution in [2.75, 3.05) is 20.2 Å². The van der Waals surface area contributed by atoms with Crippen molar-refractivity contribution in [2.24, 2.45) is 0 Å². The van der Waals surface area contributed by atoms with Crippen LogP contribution in [0.3, 0.4) is 0 Å². The molecule has 0 aliphatic heterocycles. The Kier molecular flexibility index (Phi) is 6.45. The molecule has 20 heavy (non-hydrogen) atoms. The van der Waals surface area contributed by atoms with Crippen LogP contribution in [0.5, 0.6) is 0 Å². The topological polar surface area (TPSA) is 46.6 Å². The maximum absolute atomic E-state index is 12.5. The summed E-state index contributed by atoms with van der Waals surface area (Å²) in [7, 11) is -1.94. The first kappa shape index (κ1) is 17.4. The van der Waals surface area contributed by atoms with Gasteiger partial charge in [0, 0.05) is 19.5 Å². The molecule has 1 aromatic rings. The lowest BCUT2D eigenvalue weighted by molar-refractivity contribution is 0.0737. The fourth-order valence-corrected chi connectivity index (χ4v) is 3.30. The lowest BCUT2D eigenvalue weighted by atomic mass is 10.2. The minimum Gasteiger partial charge on any atom is -0.377 e. The zero-order valence-corrected chi connectivity index (χ0v) is 14.0. The maximum Gasteiger partial charge on any atom is 0.243 e. The molecule has 6 heteroatoms. The predicted octanol–water partition coefficient (Wildman–Crippen LogP) is 2.78. The first-order valence-corrected chi connectivity index (χ1v) is 8.50. The van der Waals surface area contributed by atoms with E-state index in [-0.39, 0.29) is 6.10 Å². The van der Waals surface area contributed by atoms with Crippen molar-refractivity contribution in [3.63, 3.8) is 0 Å². The summed E-state index contributed by atoms with van der Waals surface area (Å²) in [6.45, 7) is 6.32. The highest BCUT2D eigenvalue weighted by Gasteiger charge is 2.22. The third-order valence-electron chi connectivity index (χ3n) is 2.95. The van der Waals surface area contributed by atoms with E-state index in [9.17, 15) is 8.42 Å². The molecule has 0 saturated carbocycles. The number of alkyl halides is 1. The third kappa shape index (κ3) is 4.45. The van der Waals surface area contributed by atoms with Crippen LogP contribution in [0.4, 0.5) is 0 Å². The molecular formula is C14H22ClNO3S. The van der Waals surface area contributed by atoms with Gasteiger partial charge in [-0.05, 0) is 38.0 Å². The molecule has 0 N–H and O–H groups in total. The predicted molar refractivity (Wildman–Crippen MR) is 81.6 cm³/mol. The molecule has 4 nitrogen and oxygen atoms in total. The second-order valence-electron chi connectivity index (χ2n) is 4.98. The summed E-state index contributed by atoms with van der Waals surface area (Å²) in [5.74, 6) is 0.295. The molecule has 0 saturated heterocycles. The highest BCUT2D eigenvalue weighted by Crippen LogP contribution is 2.21. The molecule has 0 spiro atoms. The van der Waals surface area contributed by atoms with Gasteiger partial charge in [0.15, 0.2) is 0 Å². The Balaban J connectivity index is 2.92. The number of nitrogens with zero attached hydrogens (tertiary/aromatic N) is 1. The Labute approximate surface area is 126 Å². The number of benzene rings is 1. The van der Waals surface area contributed by atoms with Gasteiger partial charge in [0.05, 0.1) is 17.6 Å². The molecule has 0 aliphatic rings. The van der Waals surface area contributed by atoms with Gasteiger partial charge in [0.1, 0.15) is 0 Å². The maximum atomic E-state index is 12.5. The Morgan fingerprint density at radius 3 is 2.55 bits per heavy atom. The van der Waals surface area contributed by atoms with Crippen LogP contribution >= 0.6 is 11.6 Å². The summed E-state index contributed by atoms with van der Waals surface area (Å²) in [5, 5.41) is 0. The SMILES string of the molecule is Cc1ccc(CCl)cc1S(=O)(=O)N(C)CCOC(C)C. The number of hydrogen-bond donors (Lipinski definition) is 0. The van der Waals surface area contributed by atoms with Gasteiger partial charge >= 0.3 is 0 Å². The molecule has 0 atom stereocenters. The van der Waals surface area contributed by atoms with Crippen LogP contribution in [-0.2, 0) is 20.6 Å². The molecule has 0 unspecified atom stereocenters. The number of hydrogen-bond acceptors (Lipinski definition) is 3. The van der Waals surface area contributed by atoms with E-state index in [2.05, 4.69) is 0 Å². The average molecular weight is 320 g/mol. The molecule has 0 aliphatic carbocycles.